The summed E-state index contributed by atoms with van der Waals surface area (Å²) in [5.74, 6) is 0. The smallest absolute Gasteiger partial charge is 0.321 e. The third-order valence-corrected chi connectivity index (χ3v) is 4.08. The van der Waals surface area contributed by atoms with Gasteiger partial charge in [0.05, 0.1) is 0 Å². The SMILES string of the molecule is CCN(C)C(=O)Nc1ccc(CCCc2ccc(C)cc2)cc1. The Balaban J connectivity index is 1.80. The predicted molar refractivity (Wildman–Crippen MR) is 97.0 cm³/mol. The molecule has 3 heteroatoms. The maximum Gasteiger partial charge on any atom is 0.321 e. The van der Waals surface area contributed by atoms with Gasteiger partial charge >= 0.3 is 6.03 Å². The van der Waals surface area contributed by atoms with Crippen LogP contribution >= 0.6 is 0 Å². The highest BCUT2D eigenvalue weighted by Gasteiger charge is 2.06. The normalized spacial score (nSPS) is 10.4. The molecule has 0 unspecified atom stereocenters. The highest BCUT2D eigenvalue weighted by atomic mass is 16.2. The summed E-state index contributed by atoms with van der Waals surface area (Å²) >= 11 is 0. The number of nitrogens with zero attached hydrogens (tertiary/aromatic N) is 1. The van der Waals surface area contributed by atoms with Crippen LogP contribution in [0.15, 0.2) is 48.5 Å². The van der Waals surface area contributed by atoms with Crippen molar-refractivity contribution in [3.63, 3.8) is 0 Å². The molecule has 0 aliphatic carbocycles. The van der Waals surface area contributed by atoms with Crippen LogP contribution in [-0.2, 0) is 12.8 Å². The van der Waals surface area contributed by atoms with Crippen molar-refractivity contribution in [2.75, 3.05) is 18.9 Å². The van der Waals surface area contributed by atoms with Gasteiger partial charge in [-0.05, 0) is 56.4 Å². The molecule has 0 aromatic heterocycles. The second kappa shape index (κ2) is 8.37. The quantitative estimate of drug-likeness (QED) is 0.827. The fourth-order valence-electron chi connectivity index (χ4n) is 2.37. The van der Waals surface area contributed by atoms with Crippen molar-refractivity contribution in [3.05, 3.63) is 65.2 Å². The molecule has 2 aromatic rings. The molecule has 0 bridgehead atoms. The van der Waals surface area contributed by atoms with Crippen molar-refractivity contribution in [1.82, 2.24) is 4.90 Å². The summed E-state index contributed by atoms with van der Waals surface area (Å²) in [6, 6.07) is 16.8. The zero-order valence-electron chi connectivity index (χ0n) is 14.3. The van der Waals surface area contributed by atoms with Crippen LogP contribution in [0.4, 0.5) is 10.5 Å². The molecular formula is C20H26N2O. The molecular weight excluding hydrogens is 284 g/mol. The maximum atomic E-state index is 11.8. The number of aryl methyl sites for hydroxylation is 3. The molecule has 0 heterocycles. The number of carbonyl (C=O) groups excluding carboxylic acids is 1. The van der Waals surface area contributed by atoms with E-state index in [0.717, 1.165) is 24.9 Å². The summed E-state index contributed by atoms with van der Waals surface area (Å²) in [5, 5.41) is 2.89. The Morgan fingerprint density at radius 2 is 1.48 bits per heavy atom. The first-order valence-corrected chi connectivity index (χ1v) is 8.25. The van der Waals surface area contributed by atoms with E-state index in [2.05, 4.69) is 48.6 Å². The molecule has 0 fully saturated rings. The lowest BCUT2D eigenvalue weighted by molar-refractivity contribution is 0.224. The van der Waals surface area contributed by atoms with Gasteiger partial charge in [0.25, 0.3) is 0 Å². The van der Waals surface area contributed by atoms with Crippen LogP contribution in [0.3, 0.4) is 0 Å². The summed E-state index contributed by atoms with van der Waals surface area (Å²) in [7, 11) is 1.79. The lowest BCUT2D eigenvalue weighted by Gasteiger charge is -2.15. The molecule has 2 rings (SSSR count). The Morgan fingerprint density at radius 1 is 0.957 bits per heavy atom. The number of carbonyl (C=O) groups is 1. The summed E-state index contributed by atoms with van der Waals surface area (Å²) in [6.07, 6.45) is 3.28. The molecule has 0 aliphatic heterocycles. The van der Waals surface area contributed by atoms with Gasteiger partial charge in [-0.15, -0.1) is 0 Å². The topological polar surface area (TPSA) is 32.3 Å². The van der Waals surface area contributed by atoms with Gasteiger partial charge < -0.3 is 10.2 Å². The van der Waals surface area contributed by atoms with E-state index in [4.69, 9.17) is 0 Å². The first-order valence-electron chi connectivity index (χ1n) is 8.25. The monoisotopic (exact) mass is 310 g/mol. The van der Waals surface area contributed by atoms with Crippen molar-refractivity contribution in [2.24, 2.45) is 0 Å². The molecule has 3 nitrogen and oxygen atoms in total. The van der Waals surface area contributed by atoms with Gasteiger partial charge in [-0.1, -0.05) is 42.0 Å². The number of hydrogen-bond acceptors (Lipinski definition) is 1. The molecule has 2 amide bonds. The molecule has 1 N–H and O–H groups in total. The molecule has 0 saturated carbocycles. The molecule has 0 radical (unpaired) electrons. The van der Waals surface area contributed by atoms with Crippen LogP contribution in [0, 0.1) is 6.92 Å². The van der Waals surface area contributed by atoms with Crippen LogP contribution in [0.1, 0.15) is 30.0 Å². The average molecular weight is 310 g/mol. The van der Waals surface area contributed by atoms with E-state index in [0.29, 0.717) is 6.54 Å². The molecule has 2 aromatic carbocycles. The number of nitrogens with one attached hydrogen (secondary N) is 1. The number of hydrogen-bond donors (Lipinski definition) is 1. The van der Waals surface area contributed by atoms with Gasteiger partial charge in [-0.2, -0.15) is 0 Å². The minimum absolute atomic E-state index is 0.0698. The zero-order valence-corrected chi connectivity index (χ0v) is 14.3. The minimum atomic E-state index is -0.0698. The summed E-state index contributed by atoms with van der Waals surface area (Å²) in [4.78, 5) is 13.4. The Morgan fingerprint density at radius 3 is 2.00 bits per heavy atom. The second-order valence-corrected chi connectivity index (χ2v) is 5.98. The van der Waals surface area contributed by atoms with Gasteiger partial charge in [0.15, 0.2) is 0 Å². The lowest BCUT2D eigenvalue weighted by atomic mass is 10.0. The van der Waals surface area contributed by atoms with E-state index in [1.54, 1.807) is 11.9 Å². The van der Waals surface area contributed by atoms with Crippen LogP contribution < -0.4 is 5.32 Å². The molecule has 122 valence electrons. The fourth-order valence-corrected chi connectivity index (χ4v) is 2.37. The van der Waals surface area contributed by atoms with E-state index in [-0.39, 0.29) is 6.03 Å². The van der Waals surface area contributed by atoms with E-state index in [1.165, 1.54) is 16.7 Å². The third kappa shape index (κ3) is 5.44. The fraction of sp³-hybridized carbons (Fsp3) is 0.350. The van der Waals surface area contributed by atoms with Gasteiger partial charge in [-0.3, -0.25) is 0 Å². The Bertz CT molecular complexity index is 617. The van der Waals surface area contributed by atoms with Crippen LogP contribution in [-0.4, -0.2) is 24.5 Å². The predicted octanol–water partition coefficient (Wildman–Crippen LogP) is 4.65. The third-order valence-electron chi connectivity index (χ3n) is 4.08. The lowest BCUT2D eigenvalue weighted by Crippen LogP contribution is -2.30. The van der Waals surface area contributed by atoms with Gasteiger partial charge in [-0.25, -0.2) is 4.79 Å². The largest absolute Gasteiger partial charge is 0.328 e. The first-order chi connectivity index (χ1) is 11.1. The summed E-state index contributed by atoms with van der Waals surface area (Å²) in [6.45, 7) is 4.77. The Hall–Kier alpha value is -2.29. The number of anilines is 1. The Kier molecular flexibility index (Phi) is 6.21. The standard InChI is InChI=1S/C20H26N2O/c1-4-22(3)20(23)21-19-14-12-18(13-15-19)7-5-6-17-10-8-16(2)9-11-17/h8-15H,4-7H2,1-3H3,(H,21,23). The van der Waals surface area contributed by atoms with Gasteiger partial charge in [0.2, 0.25) is 0 Å². The van der Waals surface area contributed by atoms with Crippen LogP contribution in [0.2, 0.25) is 0 Å². The number of rotatable bonds is 6. The van der Waals surface area contributed by atoms with Crippen molar-refractivity contribution in [3.8, 4) is 0 Å². The van der Waals surface area contributed by atoms with Crippen molar-refractivity contribution in [1.29, 1.82) is 0 Å². The highest BCUT2D eigenvalue weighted by Crippen LogP contribution is 2.13. The molecule has 0 saturated heterocycles. The van der Waals surface area contributed by atoms with Gasteiger partial charge in [0, 0.05) is 19.3 Å². The zero-order chi connectivity index (χ0) is 16.7. The van der Waals surface area contributed by atoms with E-state index in [9.17, 15) is 4.79 Å². The van der Waals surface area contributed by atoms with Crippen LogP contribution in [0.5, 0.6) is 0 Å². The summed E-state index contributed by atoms with van der Waals surface area (Å²) in [5.41, 5.74) is 4.85. The van der Waals surface area contributed by atoms with E-state index in [1.807, 2.05) is 19.1 Å². The molecule has 23 heavy (non-hydrogen) atoms. The van der Waals surface area contributed by atoms with Crippen LogP contribution in [0.25, 0.3) is 0 Å². The number of urea groups is 1. The molecule has 0 atom stereocenters. The number of amides is 2. The minimum Gasteiger partial charge on any atom is -0.328 e. The van der Waals surface area contributed by atoms with E-state index < -0.39 is 0 Å². The molecule has 0 aliphatic rings. The Labute approximate surface area is 139 Å². The maximum absolute atomic E-state index is 11.8. The van der Waals surface area contributed by atoms with Crippen molar-refractivity contribution >= 4 is 11.7 Å². The van der Waals surface area contributed by atoms with Crippen molar-refractivity contribution < 1.29 is 4.79 Å². The first kappa shape index (κ1) is 17.1. The van der Waals surface area contributed by atoms with Gasteiger partial charge in [0.1, 0.15) is 0 Å². The average Bonchev–Trinajstić information content (AvgIpc) is 2.57. The summed E-state index contributed by atoms with van der Waals surface area (Å²) < 4.78 is 0. The van der Waals surface area contributed by atoms with Crippen molar-refractivity contribution in [2.45, 2.75) is 33.1 Å². The highest BCUT2D eigenvalue weighted by molar-refractivity contribution is 5.89. The molecule has 0 spiro atoms. The number of benzene rings is 2. The second-order valence-electron chi connectivity index (χ2n) is 5.98. The van der Waals surface area contributed by atoms with E-state index >= 15 is 0 Å².